The van der Waals surface area contributed by atoms with Crippen molar-refractivity contribution in [2.75, 3.05) is 13.2 Å². The van der Waals surface area contributed by atoms with E-state index in [4.69, 9.17) is 0 Å². The van der Waals surface area contributed by atoms with Crippen molar-refractivity contribution in [1.29, 1.82) is 0 Å². The minimum Gasteiger partial charge on any atom is -0.394 e. The van der Waals surface area contributed by atoms with Crippen molar-refractivity contribution in [2.45, 2.75) is 38.1 Å². The predicted molar refractivity (Wildman–Crippen MR) is 57.7 cm³/mol. The molecule has 2 rings (SSSR count). The first-order chi connectivity index (χ1) is 7.59. The Morgan fingerprint density at radius 3 is 2.81 bits per heavy atom. The second kappa shape index (κ2) is 4.05. The van der Waals surface area contributed by atoms with Gasteiger partial charge >= 0.3 is 6.03 Å². The van der Waals surface area contributed by atoms with Crippen LogP contribution in [0.4, 0.5) is 4.79 Å². The highest BCUT2D eigenvalue weighted by Crippen LogP contribution is 2.37. The van der Waals surface area contributed by atoms with Gasteiger partial charge in [0.25, 0.3) is 5.91 Å². The van der Waals surface area contributed by atoms with Gasteiger partial charge in [-0.1, -0.05) is 19.8 Å². The Morgan fingerprint density at radius 1 is 1.56 bits per heavy atom. The van der Waals surface area contributed by atoms with Crippen molar-refractivity contribution in [3.8, 4) is 0 Å². The summed E-state index contributed by atoms with van der Waals surface area (Å²) in [6.45, 7) is 2.04. The molecule has 0 aromatic carbocycles. The van der Waals surface area contributed by atoms with E-state index in [1.807, 2.05) is 0 Å². The molecule has 0 spiro atoms. The maximum Gasteiger partial charge on any atom is 0.325 e. The van der Waals surface area contributed by atoms with E-state index in [9.17, 15) is 14.7 Å². The zero-order valence-corrected chi connectivity index (χ0v) is 9.53. The maximum atomic E-state index is 11.7. The van der Waals surface area contributed by atoms with Gasteiger partial charge < -0.3 is 10.4 Å². The molecule has 3 amide bonds. The summed E-state index contributed by atoms with van der Waals surface area (Å²) in [5.41, 5.74) is -0.657. The monoisotopic (exact) mass is 226 g/mol. The van der Waals surface area contributed by atoms with Gasteiger partial charge in [0, 0.05) is 0 Å². The van der Waals surface area contributed by atoms with Gasteiger partial charge in [-0.15, -0.1) is 0 Å². The lowest BCUT2D eigenvalue weighted by molar-refractivity contribution is -0.132. The summed E-state index contributed by atoms with van der Waals surface area (Å²) in [4.78, 5) is 24.6. The summed E-state index contributed by atoms with van der Waals surface area (Å²) < 4.78 is 0. The third kappa shape index (κ3) is 1.69. The fourth-order valence-electron chi connectivity index (χ4n) is 2.95. The van der Waals surface area contributed by atoms with Crippen LogP contribution in [0.25, 0.3) is 0 Å². The van der Waals surface area contributed by atoms with E-state index in [2.05, 4.69) is 12.2 Å². The predicted octanol–water partition coefficient (Wildman–Crippen LogP) is 0.479. The molecule has 2 aliphatic rings. The third-order valence-corrected chi connectivity index (χ3v) is 3.68. The molecule has 2 unspecified atom stereocenters. The molecule has 5 nitrogen and oxygen atoms in total. The van der Waals surface area contributed by atoms with Crippen LogP contribution in [0.2, 0.25) is 0 Å². The first kappa shape index (κ1) is 11.4. The molecule has 0 aromatic heterocycles. The molecule has 1 aliphatic heterocycles. The topological polar surface area (TPSA) is 69.6 Å². The van der Waals surface area contributed by atoms with E-state index in [-0.39, 0.29) is 25.1 Å². The Kier molecular flexibility index (Phi) is 2.88. The second-order valence-corrected chi connectivity index (χ2v) is 4.97. The standard InChI is InChI=1S/C11H18N2O3/c1-8-3-2-4-11(5-8,7-14)13-9(15)6-12-10(13)16/h8,14H,2-7H2,1H3,(H,12,16). The van der Waals surface area contributed by atoms with Gasteiger partial charge in [0.2, 0.25) is 0 Å². The fraction of sp³-hybridized carbons (Fsp3) is 0.818. The zero-order valence-electron chi connectivity index (χ0n) is 9.53. The minimum atomic E-state index is -0.657. The SMILES string of the molecule is CC1CCCC(CO)(N2C(=O)CNC2=O)C1. The quantitative estimate of drug-likeness (QED) is 0.673. The normalized spacial score (nSPS) is 35.4. The van der Waals surface area contributed by atoms with Gasteiger partial charge in [0.05, 0.1) is 18.7 Å². The number of carbonyl (C=O) groups is 2. The highest BCUT2D eigenvalue weighted by atomic mass is 16.3. The van der Waals surface area contributed by atoms with Crippen LogP contribution in [0, 0.1) is 5.92 Å². The first-order valence-electron chi connectivity index (χ1n) is 5.81. The van der Waals surface area contributed by atoms with Crippen LogP contribution in [0.3, 0.4) is 0 Å². The highest BCUT2D eigenvalue weighted by Gasteiger charge is 2.47. The molecule has 0 radical (unpaired) electrons. The molecule has 1 saturated heterocycles. The molecule has 90 valence electrons. The summed E-state index contributed by atoms with van der Waals surface area (Å²) in [6.07, 6.45) is 3.49. The highest BCUT2D eigenvalue weighted by molar-refractivity contribution is 6.02. The Bertz CT molecular complexity index is 302. The summed E-state index contributed by atoms with van der Waals surface area (Å²) in [5.74, 6) is 0.232. The van der Waals surface area contributed by atoms with E-state index >= 15 is 0 Å². The number of hydrogen-bond donors (Lipinski definition) is 2. The van der Waals surface area contributed by atoms with E-state index in [1.54, 1.807) is 0 Å². The number of nitrogens with one attached hydrogen (secondary N) is 1. The number of amides is 3. The van der Waals surface area contributed by atoms with Gasteiger partial charge in [0.1, 0.15) is 0 Å². The molecule has 16 heavy (non-hydrogen) atoms. The number of urea groups is 1. The summed E-state index contributed by atoms with van der Waals surface area (Å²) in [6, 6.07) is -0.354. The molecule has 2 N–H and O–H groups in total. The molecule has 1 saturated carbocycles. The van der Waals surface area contributed by atoms with E-state index in [0.717, 1.165) is 12.8 Å². The molecule has 5 heteroatoms. The average molecular weight is 226 g/mol. The van der Waals surface area contributed by atoms with Crippen molar-refractivity contribution in [3.05, 3.63) is 0 Å². The van der Waals surface area contributed by atoms with Crippen molar-refractivity contribution in [3.63, 3.8) is 0 Å². The number of aliphatic hydroxyl groups is 1. The number of carbonyl (C=O) groups excluding carboxylic acids is 2. The maximum absolute atomic E-state index is 11.7. The molecular weight excluding hydrogens is 208 g/mol. The van der Waals surface area contributed by atoms with Gasteiger partial charge in [-0.25, -0.2) is 4.79 Å². The summed E-state index contributed by atoms with van der Waals surface area (Å²) >= 11 is 0. The lowest BCUT2D eigenvalue weighted by Crippen LogP contribution is -2.56. The lowest BCUT2D eigenvalue weighted by Gasteiger charge is -2.43. The molecule has 2 atom stereocenters. The smallest absolute Gasteiger partial charge is 0.325 e. The molecule has 2 fully saturated rings. The van der Waals surface area contributed by atoms with Gasteiger partial charge in [-0.3, -0.25) is 9.69 Å². The van der Waals surface area contributed by atoms with Crippen LogP contribution in [0.1, 0.15) is 32.6 Å². The Hall–Kier alpha value is -1.10. The number of imide groups is 1. The Balaban J connectivity index is 2.26. The Labute approximate surface area is 94.8 Å². The number of nitrogens with zero attached hydrogens (tertiary/aromatic N) is 1. The number of hydrogen-bond acceptors (Lipinski definition) is 3. The zero-order chi connectivity index (χ0) is 11.8. The van der Waals surface area contributed by atoms with Gasteiger partial charge in [0.15, 0.2) is 0 Å². The Morgan fingerprint density at radius 2 is 2.31 bits per heavy atom. The van der Waals surface area contributed by atoms with Gasteiger partial charge in [-0.05, 0) is 18.8 Å². The molecule has 1 heterocycles. The van der Waals surface area contributed by atoms with Gasteiger partial charge in [-0.2, -0.15) is 0 Å². The summed E-state index contributed by atoms with van der Waals surface area (Å²) in [5, 5.41) is 12.1. The lowest BCUT2D eigenvalue weighted by atomic mass is 9.76. The largest absolute Gasteiger partial charge is 0.394 e. The number of rotatable bonds is 2. The van der Waals surface area contributed by atoms with Crippen LogP contribution >= 0.6 is 0 Å². The molecule has 1 aliphatic carbocycles. The third-order valence-electron chi connectivity index (χ3n) is 3.68. The van der Waals surface area contributed by atoms with Crippen LogP contribution in [0.15, 0.2) is 0 Å². The minimum absolute atomic E-state index is 0.0644. The first-order valence-corrected chi connectivity index (χ1v) is 5.81. The van der Waals surface area contributed by atoms with Crippen molar-refractivity contribution in [1.82, 2.24) is 10.2 Å². The van der Waals surface area contributed by atoms with Crippen LogP contribution < -0.4 is 5.32 Å². The fourth-order valence-corrected chi connectivity index (χ4v) is 2.95. The van der Waals surface area contributed by atoms with Crippen molar-refractivity contribution in [2.24, 2.45) is 5.92 Å². The molecule has 0 aromatic rings. The van der Waals surface area contributed by atoms with E-state index in [0.29, 0.717) is 18.8 Å². The van der Waals surface area contributed by atoms with E-state index in [1.165, 1.54) is 4.90 Å². The van der Waals surface area contributed by atoms with Crippen LogP contribution in [0.5, 0.6) is 0 Å². The van der Waals surface area contributed by atoms with E-state index < -0.39 is 5.54 Å². The molecule has 0 bridgehead atoms. The van der Waals surface area contributed by atoms with Crippen LogP contribution in [-0.2, 0) is 4.79 Å². The molecular formula is C11H18N2O3. The van der Waals surface area contributed by atoms with Crippen molar-refractivity contribution >= 4 is 11.9 Å². The number of aliphatic hydroxyl groups excluding tert-OH is 1. The average Bonchev–Trinajstić information content (AvgIpc) is 2.59. The summed E-state index contributed by atoms with van der Waals surface area (Å²) in [7, 11) is 0. The second-order valence-electron chi connectivity index (χ2n) is 4.97. The van der Waals surface area contributed by atoms with Crippen molar-refractivity contribution < 1.29 is 14.7 Å². The van der Waals surface area contributed by atoms with Crippen LogP contribution in [-0.4, -0.2) is 40.6 Å².